The first-order chi connectivity index (χ1) is 4.66. The average Bonchev–Trinajstić information content (AvgIpc) is 2.17. The lowest BCUT2D eigenvalue weighted by molar-refractivity contribution is -0.125. The lowest BCUT2D eigenvalue weighted by Crippen LogP contribution is -2.35. The molecule has 60 valence electrons. The molecule has 1 fully saturated rings. The molecule has 0 saturated carbocycles. The molecule has 10 heavy (non-hydrogen) atoms. The van der Waals surface area contributed by atoms with E-state index >= 15 is 0 Å². The van der Waals surface area contributed by atoms with Crippen LogP contribution >= 0.6 is 0 Å². The Morgan fingerprint density at radius 2 is 1.80 bits per heavy atom. The van der Waals surface area contributed by atoms with E-state index in [0.29, 0.717) is 0 Å². The Balaban J connectivity index is 2.53. The van der Waals surface area contributed by atoms with Gasteiger partial charge in [0, 0.05) is 6.54 Å². The van der Waals surface area contributed by atoms with Crippen molar-refractivity contribution in [1.82, 2.24) is 0 Å². The summed E-state index contributed by atoms with van der Waals surface area (Å²) in [7, 11) is 0. The van der Waals surface area contributed by atoms with Gasteiger partial charge in [-0.25, -0.2) is 0 Å². The van der Waals surface area contributed by atoms with Crippen molar-refractivity contribution in [2.45, 2.75) is 24.6 Å². The van der Waals surface area contributed by atoms with Gasteiger partial charge in [0.05, 0.1) is 0 Å². The van der Waals surface area contributed by atoms with Gasteiger partial charge in [-0.1, -0.05) is 0 Å². The molecule has 1 heterocycles. The first kappa shape index (κ1) is 7.90. The van der Waals surface area contributed by atoms with Gasteiger partial charge in [0.2, 0.25) is 0 Å². The van der Waals surface area contributed by atoms with Crippen molar-refractivity contribution in [3.63, 3.8) is 0 Å². The number of aliphatic hydroxyl groups is 3. The molecule has 0 spiro atoms. The molecule has 0 aromatic rings. The summed E-state index contributed by atoms with van der Waals surface area (Å²) < 4.78 is 4.67. The molecule has 1 aliphatic heterocycles. The van der Waals surface area contributed by atoms with E-state index in [1.54, 1.807) is 0 Å². The summed E-state index contributed by atoms with van der Waals surface area (Å²) in [5, 5.41) is 26.7. The molecule has 4 atom stereocenters. The van der Waals surface area contributed by atoms with Gasteiger partial charge in [0.15, 0.2) is 6.29 Å². The monoisotopic (exact) mass is 149 g/mol. The number of nitrogens with two attached hydrogens (primary N) is 1. The van der Waals surface area contributed by atoms with Crippen LogP contribution in [0.3, 0.4) is 0 Å². The Hall–Kier alpha value is -0.200. The number of hydrogen-bond acceptors (Lipinski definition) is 5. The average molecular weight is 149 g/mol. The van der Waals surface area contributed by atoms with Crippen LogP contribution in [0.15, 0.2) is 0 Å². The van der Waals surface area contributed by atoms with Crippen molar-refractivity contribution < 1.29 is 20.1 Å². The molecule has 0 amide bonds. The molecule has 5 N–H and O–H groups in total. The van der Waals surface area contributed by atoms with E-state index in [1.165, 1.54) is 0 Å². The summed E-state index contributed by atoms with van der Waals surface area (Å²) in [6.45, 7) is 0.0925. The Morgan fingerprint density at radius 3 is 2.00 bits per heavy atom. The van der Waals surface area contributed by atoms with Crippen molar-refractivity contribution in [2.75, 3.05) is 6.54 Å². The molecule has 0 radical (unpaired) electrons. The lowest BCUT2D eigenvalue weighted by atomic mass is 10.1. The van der Waals surface area contributed by atoms with Crippen LogP contribution in [-0.2, 0) is 4.74 Å². The molecular weight excluding hydrogens is 138 g/mol. The Labute approximate surface area is 58.0 Å². The molecule has 5 nitrogen and oxygen atoms in total. The summed E-state index contributed by atoms with van der Waals surface area (Å²) in [5.74, 6) is 0. The maximum Gasteiger partial charge on any atom is 0.184 e. The van der Waals surface area contributed by atoms with Gasteiger partial charge in [-0.2, -0.15) is 0 Å². The minimum Gasteiger partial charge on any atom is -0.387 e. The van der Waals surface area contributed by atoms with Crippen molar-refractivity contribution in [3.8, 4) is 0 Å². The SMILES string of the molecule is NC[C@H]1OC(O)[C@H](O)[C@@H]1O. The molecule has 0 aromatic carbocycles. The van der Waals surface area contributed by atoms with Gasteiger partial charge >= 0.3 is 0 Å². The zero-order valence-electron chi connectivity index (χ0n) is 5.34. The zero-order chi connectivity index (χ0) is 7.72. The number of hydrogen-bond donors (Lipinski definition) is 4. The van der Waals surface area contributed by atoms with Gasteiger partial charge in [-0.15, -0.1) is 0 Å². The van der Waals surface area contributed by atoms with Crippen LogP contribution < -0.4 is 5.73 Å². The van der Waals surface area contributed by atoms with E-state index in [0.717, 1.165) is 0 Å². The van der Waals surface area contributed by atoms with Crippen molar-refractivity contribution in [1.29, 1.82) is 0 Å². The van der Waals surface area contributed by atoms with Crippen LogP contribution in [0.4, 0.5) is 0 Å². The Kier molecular flexibility index (Phi) is 2.22. The fourth-order valence-corrected chi connectivity index (χ4v) is 0.924. The number of rotatable bonds is 1. The number of aliphatic hydroxyl groups excluding tert-OH is 3. The van der Waals surface area contributed by atoms with Gasteiger partial charge in [0.25, 0.3) is 0 Å². The van der Waals surface area contributed by atoms with Crippen LogP contribution in [0.25, 0.3) is 0 Å². The summed E-state index contributed by atoms with van der Waals surface area (Å²) >= 11 is 0. The van der Waals surface area contributed by atoms with Crippen LogP contribution in [0.1, 0.15) is 0 Å². The molecule has 0 bridgehead atoms. The predicted octanol–water partition coefficient (Wildman–Crippen LogP) is -2.62. The van der Waals surface area contributed by atoms with Crippen LogP contribution in [0.2, 0.25) is 0 Å². The van der Waals surface area contributed by atoms with Gasteiger partial charge < -0.3 is 25.8 Å². The quantitative estimate of drug-likeness (QED) is 0.327. The third-order valence-corrected chi connectivity index (χ3v) is 1.57. The highest BCUT2D eigenvalue weighted by molar-refractivity contribution is 4.85. The highest BCUT2D eigenvalue weighted by atomic mass is 16.6. The van der Waals surface area contributed by atoms with E-state index < -0.39 is 24.6 Å². The molecular formula is C5H11NO4. The second-order valence-corrected chi connectivity index (χ2v) is 2.28. The van der Waals surface area contributed by atoms with E-state index in [-0.39, 0.29) is 6.54 Å². The van der Waals surface area contributed by atoms with E-state index in [2.05, 4.69) is 4.74 Å². The lowest BCUT2D eigenvalue weighted by Gasteiger charge is -2.10. The molecule has 0 aromatic heterocycles. The fraction of sp³-hybridized carbons (Fsp3) is 1.00. The van der Waals surface area contributed by atoms with Crippen LogP contribution in [0, 0.1) is 0 Å². The second kappa shape index (κ2) is 2.81. The zero-order valence-corrected chi connectivity index (χ0v) is 5.34. The van der Waals surface area contributed by atoms with Crippen LogP contribution in [0.5, 0.6) is 0 Å². The largest absolute Gasteiger partial charge is 0.387 e. The maximum absolute atomic E-state index is 9.01. The van der Waals surface area contributed by atoms with E-state index in [1.807, 2.05) is 0 Å². The van der Waals surface area contributed by atoms with Crippen molar-refractivity contribution in [2.24, 2.45) is 5.73 Å². The molecule has 1 saturated heterocycles. The first-order valence-electron chi connectivity index (χ1n) is 3.06. The minimum absolute atomic E-state index is 0.0925. The maximum atomic E-state index is 9.01. The highest BCUT2D eigenvalue weighted by Gasteiger charge is 2.40. The minimum atomic E-state index is -1.30. The standard InChI is InChI=1S/C5H11NO4/c6-1-2-3(7)4(8)5(9)10-2/h2-5,7-9H,1,6H2/t2-,3-,4-,5?/m1/s1. The van der Waals surface area contributed by atoms with E-state index in [4.69, 9.17) is 21.1 Å². The smallest absolute Gasteiger partial charge is 0.184 e. The molecule has 0 aliphatic carbocycles. The molecule has 5 heteroatoms. The normalized spacial score (nSPS) is 48.0. The fourth-order valence-electron chi connectivity index (χ4n) is 0.924. The van der Waals surface area contributed by atoms with Crippen LogP contribution in [-0.4, -0.2) is 46.5 Å². The highest BCUT2D eigenvalue weighted by Crippen LogP contribution is 2.17. The van der Waals surface area contributed by atoms with Gasteiger partial charge in [-0.05, 0) is 0 Å². The van der Waals surface area contributed by atoms with Crippen molar-refractivity contribution >= 4 is 0 Å². The summed E-state index contributed by atoms with van der Waals surface area (Å²) in [5.41, 5.74) is 5.14. The summed E-state index contributed by atoms with van der Waals surface area (Å²) in [6, 6.07) is 0. The second-order valence-electron chi connectivity index (χ2n) is 2.28. The van der Waals surface area contributed by atoms with Gasteiger partial charge in [0.1, 0.15) is 18.3 Å². The Morgan fingerprint density at radius 1 is 1.20 bits per heavy atom. The van der Waals surface area contributed by atoms with E-state index in [9.17, 15) is 0 Å². The third-order valence-electron chi connectivity index (χ3n) is 1.57. The third kappa shape index (κ3) is 1.14. The summed E-state index contributed by atoms with van der Waals surface area (Å²) in [6.07, 6.45) is -4.25. The summed E-state index contributed by atoms with van der Waals surface area (Å²) in [4.78, 5) is 0. The van der Waals surface area contributed by atoms with Crippen molar-refractivity contribution in [3.05, 3.63) is 0 Å². The molecule has 1 unspecified atom stereocenters. The topological polar surface area (TPSA) is 95.9 Å². The first-order valence-corrected chi connectivity index (χ1v) is 3.06. The number of ether oxygens (including phenoxy) is 1. The predicted molar refractivity (Wildman–Crippen MR) is 31.9 cm³/mol. The Bertz CT molecular complexity index is 120. The van der Waals surface area contributed by atoms with Gasteiger partial charge in [-0.3, -0.25) is 0 Å². The molecule has 1 rings (SSSR count). The molecule has 1 aliphatic rings.